The molecule has 0 radical (unpaired) electrons. The lowest BCUT2D eigenvalue weighted by Crippen LogP contribution is -2.13. The van der Waals surface area contributed by atoms with Gasteiger partial charge in [0, 0.05) is 13.7 Å². The number of hydrogen-bond acceptors (Lipinski definition) is 4. The van der Waals surface area contributed by atoms with Gasteiger partial charge in [0.25, 0.3) is 0 Å². The first-order chi connectivity index (χ1) is 6.40. The number of rotatable bonds is 3. The van der Waals surface area contributed by atoms with Crippen LogP contribution in [0.4, 0.5) is 0 Å². The standard InChI is InChI=1S/C8H14N4O.ClH/c1-13-6-7-5-12(11-10-7)8-2-3-9-4-8;/h5,8-9H,2-4,6H2,1H3;1H. The zero-order valence-corrected chi connectivity index (χ0v) is 8.96. The largest absolute Gasteiger partial charge is 0.378 e. The highest BCUT2D eigenvalue weighted by atomic mass is 35.5. The van der Waals surface area contributed by atoms with E-state index in [1.165, 1.54) is 0 Å². The lowest BCUT2D eigenvalue weighted by Gasteiger charge is -2.05. The molecular formula is C8H15ClN4O. The summed E-state index contributed by atoms with van der Waals surface area (Å²) >= 11 is 0. The molecular weight excluding hydrogens is 204 g/mol. The molecule has 1 aliphatic rings. The maximum absolute atomic E-state index is 4.97. The van der Waals surface area contributed by atoms with Crippen LogP contribution >= 0.6 is 12.4 Å². The lowest BCUT2D eigenvalue weighted by molar-refractivity contribution is 0.181. The van der Waals surface area contributed by atoms with Gasteiger partial charge >= 0.3 is 0 Å². The summed E-state index contributed by atoms with van der Waals surface area (Å²) in [5, 5.41) is 11.4. The van der Waals surface area contributed by atoms with E-state index in [2.05, 4.69) is 15.6 Å². The Morgan fingerprint density at radius 2 is 2.57 bits per heavy atom. The third-order valence-corrected chi connectivity index (χ3v) is 2.26. The van der Waals surface area contributed by atoms with Crippen LogP contribution in [0.15, 0.2) is 6.20 Å². The van der Waals surface area contributed by atoms with Crippen LogP contribution in [0.2, 0.25) is 0 Å². The van der Waals surface area contributed by atoms with E-state index in [9.17, 15) is 0 Å². The number of ether oxygens (including phenoxy) is 1. The number of aromatic nitrogens is 3. The van der Waals surface area contributed by atoms with E-state index in [0.29, 0.717) is 12.6 Å². The monoisotopic (exact) mass is 218 g/mol. The molecule has 0 aromatic carbocycles. The normalized spacial score (nSPS) is 20.8. The van der Waals surface area contributed by atoms with Crippen molar-refractivity contribution in [3.63, 3.8) is 0 Å². The number of hydrogen-bond donors (Lipinski definition) is 1. The molecule has 1 saturated heterocycles. The number of halogens is 1. The highest BCUT2D eigenvalue weighted by Crippen LogP contribution is 2.13. The van der Waals surface area contributed by atoms with E-state index >= 15 is 0 Å². The number of methoxy groups -OCH3 is 1. The van der Waals surface area contributed by atoms with Crippen molar-refractivity contribution >= 4 is 12.4 Å². The Kier molecular flexibility index (Phi) is 4.31. The van der Waals surface area contributed by atoms with Crippen LogP contribution in [-0.4, -0.2) is 35.2 Å². The van der Waals surface area contributed by atoms with Gasteiger partial charge in [-0.3, -0.25) is 0 Å². The van der Waals surface area contributed by atoms with Crippen molar-refractivity contribution in [2.45, 2.75) is 19.1 Å². The molecule has 1 atom stereocenters. The summed E-state index contributed by atoms with van der Waals surface area (Å²) in [6.07, 6.45) is 3.09. The van der Waals surface area contributed by atoms with Gasteiger partial charge in [0.15, 0.2) is 0 Å². The Morgan fingerprint density at radius 1 is 1.71 bits per heavy atom. The maximum Gasteiger partial charge on any atom is 0.108 e. The number of nitrogens with zero attached hydrogens (tertiary/aromatic N) is 3. The molecule has 2 rings (SSSR count). The van der Waals surface area contributed by atoms with Crippen molar-refractivity contribution in [2.24, 2.45) is 0 Å². The van der Waals surface area contributed by atoms with Crippen molar-refractivity contribution in [1.29, 1.82) is 0 Å². The molecule has 14 heavy (non-hydrogen) atoms. The molecule has 2 heterocycles. The van der Waals surface area contributed by atoms with E-state index in [1.54, 1.807) is 7.11 Å². The quantitative estimate of drug-likeness (QED) is 0.797. The van der Waals surface area contributed by atoms with Crippen molar-refractivity contribution in [3.8, 4) is 0 Å². The molecule has 1 aromatic rings. The summed E-state index contributed by atoms with van der Waals surface area (Å²) in [5.41, 5.74) is 0.898. The molecule has 1 unspecified atom stereocenters. The summed E-state index contributed by atoms with van der Waals surface area (Å²) in [6.45, 7) is 2.61. The van der Waals surface area contributed by atoms with Gasteiger partial charge in [-0.15, -0.1) is 17.5 Å². The highest BCUT2D eigenvalue weighted by Gasteiger charge is 2.17. The van der Waals surface area contributed by atoms with Crippen LogP contribution in [0.1, 0.15) is 18.2 Å². The minimum atomic E-state index is 0. The van der Waals surface area contributed by atoms with Crippen molar-refractivity contribution in [3.05, 3.63) is 11.9 Å². The summed E-state index contributed by atoms with van der Waals surface area (Å²) in [6, 6.07) is 0.470. The third kappa shape index (κ3) is 2.43. The molecule has 80 valence electrons. The van der Waals surface area contributed by atoms with Crippen LogP contribution in [0.25, 0.3) is 0 Å². The lowest BCUT2D eigenvalue weighted by atomic mass is 10.3. The Hall–Kier alpha value is -0.650. The predicted octanol–water partition coefficient (Wildman–Crippen LogP) is 0.381. The van der Waals surface area contributed by atoms with Crippen LogP contribution < -0.4 is 5.32 Å². The van der Waals surface area contributed by atoms with Gasteiger partial charge in [-0.1, -0.05) is 5.21 Å². The topological polar surface area (TPSA) is 52.0 Å². The van der Waals surface area contributed by atoms with Crippen LogP contribution in [0.5, 0.6) is 0 Å². The molecule has 0 saturated carbocycles. The first kappa shape index (κ1) is 11.4. The Balaban J connectivity index is 0.000000980. The molecule has 0 spiro atoms. The van der Waals surface area contributed by atoms with E-state index < -0.39 is 0 Å². The van der Waals surface area contributed by atoms with Gasteiger partial charge in [-0.2, -0.15) is 0 Å². The Bertz CT molecular complexity index is 272. The molecule has 1 fully saturated rings. The first-order valence-electron chi connectivity index (χ1n) is 4.50. The second kappa shape index (κ2) is 5.29. The fourth-order valence-electron chi connectivity index (χ4n) is 1.57. The molecule has 1 aromatic heterocycles. The second-order valence-corrected chi connectivity index (χ2v) is 3.27. The van der Waals surface area contributed by atoms with Crippen LogP contribution in [0, 0.1) is 0 Å². The van der Waals surface area contributed by atoms with E-state index in [0.717, 1.165) is 25.2 Å². The maximum atomic E-state index is 4.97. The molecule has 0 amide bonds. The molecule has 1 N–H and O–H groups in total. The summed E-state index contributed by atoms with van der Waals surface area (Å²) in [5.74, 6) is 0. The fraction of sp³-hybridized carbons (Fsp3) is 0.750. The molecule has 0 aliphatic carbocycles. The van der Waals surface area contributed by atoms with Crippen LogP contribution in [0.3, 0.4) is 0 Å². The zero-order valence-electron chi connectivity index (χ0n) is 8.14. The van der Waals surface area contributed by atoms with Gasteiger partial charge < -0.3 is 10.1 Å². The van der Waals surface area contributed by atoms with Crippen molar-refractivity contribution in [2.75, 3.05) is 20.2 Å². The van der Waals surface area contributed by atoms with E-state index in [-0.39, 0.29) is 12.4 Å². The average Bonchev–Trinajstić information content (AvgIpc) is 2.70. The van der Waals surface area contributed by atoms with Gasteiger partial charge in [-0.05, 0) is 13.0 Å². The minimum absolute atomic E-state index is 0. The number of nitrogens with one attached hydrogen (secondary N) is 1. The van der Waals surface area contributed by atoms with Crippen molar-refractivity contribution in [1.82, 2.24) is 20.3 Å². The first-order valence-corrected chi connectivity index (χ1v) is 4.50. The fourth-order valence-corrected chi connectivity index (χ4v) is 1.57. The van der Waals surface area contributed by atoms with Gasteiger partial charge in [0.05, 0.1) is 18.8 Å². The minimum Gasteiger partial charge on any atom is -0.378 e. The summed E-state index contributed by atoms with van der Waals surface area (Å²) < 4.78 is 6.90. The molecule has 0 bridgehead atoms. The Morgan fingerprint density at radius 3 is 3.21 bits per heavy atom. The molecule has 6 heteroatoms. The van der Waals surface area contributed by atoms with Gasteiger partial charge in [-0.25, -0.2) is 4.68 Å². The van der Waals surface area contributed by atoms with Gasteiger partial charge in [0.2, 0.25) is 0 Å². The van der Waals surface area contributed by atoms with E-state index in [1.807, 2.05) is 10.9 Å². The zero-order chi connectivity index (χ0) is 9.10. The Labute approximate surface area is 89.2 Å². The summed E-state index contributed by atoms with van der Waals surface area (Å²) in [7, 11) is 1.66. The third-order valence-electron chi connectivity index (χ3n) is 2.26. The van der Waals surface area contributed by atoms with Crippen molar-refractivity contribution < 1.29 is 4.74 Å². The molecule has 1 aliphatic heterocycles. The second-order valence-electron chi connectivity index (χ2n) is 3.27. The van der Waals surface area contributed by atoms with Crippen LogP contribution in [-0.2, 0) is 11.3 Å². The molecule has 5 nitrogen and oxygen atoms in total. The highest BCUT2D eigenvalue weighted by molar-refractivity contribution is 5.85. The van der Waals surface area contributed by atoms with E-state index in [4.69, 9.17) is 4.74 Å². The average molecular weight is 219 g/mol. The van der Waals surface area contributed by atoms with Gasteiger partial charge in [0.1, 0.15) is 5.69 Å². The SMILES string of the molecule is COCc1cn(C2CCNC2)nn1.Cl. The predicted molar refractivity (Wildman–Crippen MR) is 54.5 cm³/mol. The summed E-state index contributed by atoms with van der Waals surface area (Å²) in [4.78, 5) is 0. The smallest absolute Gasteiger partial charge is 0.108 e.